The molecule has 3 aromatic heterocycles. The fourth-order valence-corrected chi connectivity index (χ4v) is 6.45. The van der Waals surface area contributed by atoms with Crippen molar-refractivity contribution < 1.29 is 4.74 Å². The van der Waals surface area contributed by atoms with Crippen molar-refractivity contribution in [2.75, 3.05) is 17.7 Å². The molecule has 10 heteroatoms. The van der Waals surface area contributed by atoms with Gasteiger partial charge in [-0.15, -0.1) is 0 Å². The van der Waals surface area contributed by atoms with E-state index < -0.39 is 8.07 Å². The lowest BCUT2D eigenvalue weighted by molar-refractivity contribution is 0.0802. The van der Waals surface area contributed by atoms with Crippen molar-refractivity contribution in [3.63, 3.8) is 0 Å². The molecular weight excluding hydrogens is 540 g/mol. The third-order valence-corrected chi connectivity index (χ3v) is 9.88. The molecule has 0 bridgehead atoms. The highest BCUT2D eigenvalue weighted by molar-refractivity contribution is 6.76. The van der Waals surface area contributed by atoms with Crippen LogP contribution in [0.3, 0.4) is 0 Å². The minimum atomic E-state index is -1.18. The number of nitrogen functional groups attached to an aromatic ring is 1. The predicted octanol–water partition coefficient (Wildman–Crippen LogP) is 6.25. The Hall–Kier alpha value is -3.34. The quantitative estimate of drug-likeness (QED) is 0.132. The highest BCUT2D eigenvalue weighted by atomic mass is 28.3. The van der Waals surface area contributed by atoms with Crippen molar-refractivity contribution in [3.05, 3.63) is 60.0 Å². The number of rotatable bonds is 12. The number of hydrogen-bond acceptors (Lipinski definition) is 8. The van der Waals surface area contributed by atoms with E-state index in [1.54, 1.807) is 6.20 Å². The van der Waals surface area contributed by atoms with Gasteiger partial charge in [-0.25, -0.2) is 14.6 Å². The number of anilines is 2. The largest absolute Gasteiger partial charge is 0.397 e. The molecule has 42 heavy (non-hydrogen) atoms. The molecule has 1 aliphatic carbocycles. The van der Waals surface area contributed by atoms with Gasteiger partial charge in [-0.2, -0.15) is 5.10 Å². The highest BCUT2D eigenvalue weighted by Crippen LogP contribution is 2.33. The number of hydrogen-bond donors (Lipinski definition) is 3. The van der Waals surface area contributed by atoms with Crippen LogP contribution in [0.5, 0.6) is 0 Å². The molecule has 1 aromatic carbocycles. The van der Waals surface area contributed by atoms with Crippen molar-refractivity contribution in [1.82, 2.24) is 30.0 Å². The van der Waals surface area contributed by atoms with Gasteiger partial charge in [0.15, 0.2) is 0 Å². The number of aromatic nitrogens is 5. The number of pyridine rings is 1. The Bertz CT molecular complexity index is 1480. The summed E-state index contributed by atoms with van der Waals surface area (Å²) in [5, 5.41) is 13.4. The normalized spacial score (nSPS) is 19.3. The molecule has 4 aromatic rings. The first-order chi connectivity index (χ1) is 20.1. The van der Waals surface area contributed by atoms with Crippen LogP contribution in [0.2, 0.25) is 25.7 Å². The second kappa shape index (κ2) is 12.9. The van der Waals surface area contributed by atoms with Crippen LogP contribution in [0, 0.1) is 0 Å². The van der Waals surface area contributed by atoms with Gasteiger partial charge in [0.25, 0.3) is 0 Å². The fourth-order valence-electron chi connectivity index (χ4n) is 5.69. The van der Waals surface area contributed by atoms with Gasteiger partial charge >= 0.3 is 0 Å². The molecule has 2 atom stereocenters. The van der Waals surface area contributed by atoms with E-state index in [4.69, 9.17) is 25.5 Å². The molecule has 4 N–H and O–H groups in total. The summed E-state index contributed by atoms with van der Waals surface area (Å²) in [4.78, 5) is 14.3. The molecule has 1 fully saturated rings. The maximum absolute atomic E-state index is 6.15. The zero-order valence-corrected chi connectivity index (χ0v) is 26.8. The van der Waals surface area contributed by atoms with E-state index in [9.17, 15) is 0 Å². The lowest BCUT2D eigenvalue weighted by Crippen LogP contribution is -2.48. The standard InChI is InChI=1S/C32H46N8OSi/c1-6-23-19-35-31(37-25-10-9-15-32(2,18-25)36-21-26-14-13-24(33)20-34-26)38-29(23)30-27-11-7-8-12-28(27)39-40(30)22-41-16-17-42(3,4)5/h7-8,11-14,19-20,25,36H,6,9-10,15-18,21-22,33H2,1-5H3,(H,35,37,38). The lowest BCUT2D eigenvalue weighted by Gasteiger charge is -2.39. The Balaban J connectivity index is 1.35. The summed E-state index contributed by atoms with van der Waals surface area (Å²) < 4.78 is 8.13. The van der Waals surface area contributed by atoms with Crippen LogP contribution in [0.4, 0.5) is 11.6 Å². The first kappa shape index (κ1) is 30.1. The average Bonchev–Trinajstić information content (AvgIpc) is 3.33. The van der Waals surface area contributed by atoms with Crippen molar-refractivity contribution in [2.24, 2.45) is 0 Å². The van der Waals surface area contributed by atoms with E-state index in [-0.39, 0.29) is 11.6 Å². The Kier molecular flexibility index (Phi) is 9.24. The molecular formula is C32H46N8OSi. The summed E-state index contributed by atoms with van der Waals surface area (Å²) in [5.41, 5.74) is 11.4. The minimum absolute atomic E-state index is 0.00670. The number of nitrogens with two attached hydrogens (primary N) is 1. The van der Waals surface area contributed by atoms with E-state index in [0.717, 1.165) is 78.3 Å². The molecule has 5 rings (SSSR count). The van der Waals surface area contributed by atoms with Crippen LogP contribution in [0.1, 0.15) is 50.8 Å². The molecule has 9 nitrogen and oxygen atoms in total. The zero-order chi connectivity index (χ0) is 29.7. The van der Waals surface area contributed by atoms with Gasteiger partial charge in [0, 0.05) is 44.4 Å². The molecule has 1 aliphatic rings. The first-order valence-electron chi connectivity index (χ1n) is 15.2. The van der Waals surface area contributed by atoms with Crippen LogP contribution in [-0.4, -0.2) is 51.0 Å². The first-order valence-corrected chi connectivity index (χ1v) is 18.9. The topological polar surface area (TPSA) is 116 Å². The zero-order valence-electron chi connectivity index (χ0n) is 25.8. The van der Waals surface area contributed by atoms with Crippen LogP contribution >= 0.6 is 0 Å². The van der Waals surface area contributed by atoms with Crippen molar-refractivity contribution in [3.8, 4) is 11.4 Å². The molecule has 1 saturated carbocycles. The molecule has 0 amide bonds. The Morgan fingerprint density at radius 2 is 1.95 bits per heavy atom. The maximum Gasteiger partial charge on any atom is 0.223 e. The second-order valence-corrected chi connectivity index (χ2v) is 18.7. The van der Waals surface area contributed by atoms with Crippen molar-refractivity contribution in [2.45, 2.75) is 96.5 Å². The summed E-state index contributed by atoms with van der Waals surface area (Å²) in [6.45, 7) is 13.4. The van der Waals surface area contributed by atoms with E-state index in [1.165, 1.54) is 0 Å². The molecule has 0 spiro atoms. The number of benzene rings is 1. The van der Waals surface area contributed by atoms with E-state index in [1.807, 2.05) is 29.1 Å². The second-order valence-electron chi connectivity index (χ2n) is 13.1. The van der Waals surface area contributed by atoms with Crippen LogP contribution in [0.25, 0.3) is 22.3 Å². The smallest absolute Gasteiger partial charge is 0.223 e. The minimum Gasteiger partial charge on any atom is -0.397 e. The van der Waals surface area contributed by atoms with Gasteiger partial charge in [-0.3, -0.25) is 4.98 Å². The van der Waals surface area contributed by atoms with Crippen molar-refractivity contribution in [1.29, 1.82) is 0 Å². The number of aryl methyl sites for hydroxylation is 1. The van der Waals surface area contributed by atoms with E-state index >= 15 is 0 Å². The highest BCUT2D eigenvalue weighted by Gasteiger charge is 2.32. The third-order valence-electron chi connectivity index (χ3n) is 8.18. The number of nitrogens with one attached hydrogen (secondary N) is 2. The van der Waals surface area contributed by atoms with Crippen LogP contribution in [-0.2, 0) is 24.4 Å². The van der Waals surface area contributed by atoms with Crippen LogP contribution in [0.15, 0.2) is 48.8 Å². The summed E-state index contributed by atoms with van der Waals surface area (Å²) in [6, 6.07) is 13.5. The molecule has 0 radical (unpaired) electrons. The summed E-state index contributed by atoms with van der Waals surface area (Å²) >= 11 is 0. The predicted molar refractivity (Wildman–Crippen MR) is 174 cm³/mol. The van der Waals surface area contributed by atoms with Gasteiger partial charge < -0.3 is 21.1 Å². The summed E-state index contributed by atoms with van der Waals surface area (Å²) in [5.74, 6) is 0.660. The van der Waals surface area contributed by atoms with Gasteiger partial charge in [0.2, 0.25) is 5.95 Å². The average molecular weight is 587 g/mol. The summed E-state index contributed by atoms with van der Waals surface area (Å²) in [7, 11) is -1.18. The summed E-state index contributed by atoms with van der Waals surface area (Å²) in [6.07, 6.45) is 8.81. The van der Waals surface area contributed by atoms with E-state index in [2.05, 4.69) is 67.3 Å². The Morgan fingerprint density at radius 1 is 1.12 bits per heavy atom. The van der Waals surface area contributed by atoms with Gasteiger partial charge in [0.05, 0.1) is 34.5 Å². The maximum atomic E-state index is 6.15. The third kappa shape index (κ3) is 7.53. The van der Waals surface area contributed by atoms with Gasteiger partial charge in [-0.1, -0.05) is 44.8 Å². The van der Waals surface area contributed by atoms with Gasteiger partial charge in [0.1, 0.15) is 6.73 Å². The molecule has 2 unspecified atom stereocenters. The van der Waals surface area contributed by atoms with E-state index in [0.29, 0.717) is 24.9 Å². The SMILES string of the molecule is CCc1cnc(NC2CCCC(C)(NCc3ccc(N)cn3)C2)nc1-c1c2ccccc2nn1COCC[Si](C)(C)C. The van der Waals surface area contributed by atoms with Crippen molar-refractivity contribution >= 4 is 30.6 Å². The monoisotopic (exact) mass is 586 g/mol. The Morgan fingerprint density at radius 3 is 2.71 bits per heavy atom. The molecule has 0 saturated heterocycles. The lowest BCUT2D eigenvalue weighted by atomic mass is 9.80. The number of fused-ring (bicyclic) bond motifs is 1. The molecule has 3 heterocycles. The molecule has 224 valence electrons. The van der Waals surface area contributed by atoms with Gasteiger partial charge in [-0.05, 0) is 68.8 Å². The van der Waals surface area contributed by atoms with Crippen LogP contribution < -0.4 is 16.4 Å². The number of nitrogens with zero attached hydrogens (tertiary/aromatic N) is 5. The molecule has 0 aliphatic heterocycles. The number of ether oxygens (including phenoxy) is 1. The Labute approximate surface area is 250 Å². The fraction of sp³-hybridized carbons (Fsp3) is 0.500.